The Balaban J connectivity index is 1.70. The number of piperidine rings is 1. The van der Waals surface area contributed by atoms with Gasteiger partial charge in [0.05, 0.1) is 0 Å². The number of H-pyrrole nitrogens is 1. The number of rotatable bonds is 2. The van der Waals surface area contributed by atoms with Crippen LogP contribution in [0.25, 0.3) is 0 Å². The van der Waals surface area contributed by atoms with Gasteiger partial charge >= 0.3 is 0 Å². The van der Waals surface area contributed by atoms with Crippen molar-refractivity contribution in [3.63, 3.8) is 0 Å². The van der Waals surface area contributed by atoms with Crippen molar-refractivity contribution >= 4 is 28.5 Å². The Labute approximate surface area is 121 Å². The van der Waals surface area contributed by atoms with Crippen LogP contribution in [-0.4, -0.2) is 41.0 Å². The third kappa shape index (κ3) is 2.30. The fourth-order valence-electron chi connectivity index (χ4n) is 3.19. The van der Waals surface area contributed by atoms with Crippen LogP contribution in [0.2, 0.25) is 0 Å². The van der Waals surface area contributed by atoms with Crippen LogP contribution < -0.4 is 5.32 Å². The first-order chi connectivity index (χ1) is 8.63. The standard InChI is InChI=1S/C13H18IN3O/c1-17(13(18)12-4-8(14)7-15-12)11-5-9-2-3-10(6-11)16-9/h4,7,9-11,15-16H,2-3,5-6H2,1H3. The highest BCUT2D eigenvalue weighted by molar-refractivity contribution is 14.1. The Kier molecular flexibility index (Phi) is 3.36. The summed E-state index contributed by atoms with van der Waals surface area (Å²) in [5, 5.41) is 3.61. The van der Waals surface area contributed by atoms with Gasteiger partial charge in [-0.05, 0) is 54.3 Å². The molecular formula is C13H18IN3O. The lowest BCUT2D eigenvalue weighted by Crippen LogP contribution is -2.48. The van der Waals surface area contributed by atoms with Gasteiger partial charge in [0.1, 0.15) is 5.69 Å². The lowest BCUT2D eigenvalue weighted by atomic mass is 9.98. The van der Waals surface area contributed by atoms with E-state index in [0.29, 0.717) is 23.8 Å². The van der Waals surface area contributed by atoms with Crippen LogP contribution in [0.3, 0.4) is 0 Å². The van der Waals surface area contributed by atoms with E-state index in [1.165, 1.54) is 12.8 Å². The molecule has 2 atom stereocenters. The van der Waals surface area contributed by atoms with Crippen LogP contribution >= 0.6 is 22.6 Å². The summed E-state index contributed by atoms with van der Waals surface area (Å²) in [5.41, 5.74) is 0.702. The van der Waals surface area contributed by atoms with Crippen molar-refractivity contribution in [2.75, 3.05) is 7.05 Å². The summed E-state index contributed by atoms with van der Waals surface area (Å²) >= 11 is 2.22. The molecule has 4 nitrogen and oxygen atoms in total. The summed E-state index contributed by atoms with van der Waals surface area (Å²) in [5.74, 6) is 0.115. The molecule has 1 amide bonds. The zero-order chi connectivity index (χ0) is 12.7. The SMILES string of the molecule is CN(C(=O)c1cc(I)c[nH]1)C1CC2CCC(C1)N2. The second-order valence-electron chi connectivity index (χ2n) is 5.41. The van der Waals surface area contributed by atoms with Gasteiger partial charge in [0.25, 0.3) is 5.91 Å². The molecule has 1 aromatic heterocycles. The normalized spacial score (nSPS) is 30.4. The van der Waals surface area contributed by atoms with Crippen molar-refractivity contribution in [1.82, 2.24) is 15.2 Å². The minimum atomic E-state index is 0.115. The topological polar surface area (TPSA) is 48.1 Å². The Morgan fingerprint density at radius 3 is 2.61 bits per heavy atom. The zero-order valence-electron chi connectivity index (χ0n) is 10.4. The largest absolute Gasteiger partial charge is 0.356 e. The molecule has 3 heterocycles. The van der Waals surface area contributed by atoms with Crippen molar-refractivity contribution in [1.29, 1.82) is 0 Å². The number of aromatic amines is 1. The second kappa shape index (κ2) is 4.85. The van der Waals surface area contributed by atoms with Crippen molar-refractivity contribution in [3.8, 4) is 0 Å². The van der Waals surface area contributed by atoms with E-state index in [1.807, 2.05) is 24.2 Å². The quantitative estimate of drug-likeness (QED) is 0.794. The number of nitrogens with one attached hydrogen (secondary N) is 2. The maximum atomic E-state index is 12.4. The van der Waals surface area contributed by atoms with Crippen LogP contribution in [0.4, 0.5) is 0 Å². The molecule has 2 saturated heterocycles. The molecule has 0 aliphatic carbocycles. The Bertz CT molecular complexity index is 447. The third-order valence-corrected chi connectivity index (χ3v) is 4.82. The molecule has 18 heavy (non-hydrogen) atoms. The number of hydrogen-bond acceptors (Lipinski definition) is 2. The molecule has 2 aliphatic rings. The van der Waals surface area contributed by atoms with Gasteiger partial charge in [-0.1, -0.05) is 0 Å². The molecule has 1 aromatic rings. The van der Waals surface area contributed by atoms with E-state index in [-0.39, 0.29) is 5.91 Å². The van der Waals surface area contributed by atoms with Crippen molar-refractivity contribution in [2.45, 2.75) is 43.8 Å². The number of fused-ring (bicyclic) bond motifs is 2. The maximum Gasteiger partial charge on any atom is 0.270 e. The van der Waals surface area contributed by atoms with E-state index in [2.05, 4.69) is 32.9 Å². The molecule has 0 saturated carbocycles. The molecule has 2 aliphatic heterocycles. The van der Waals surface area contributed by atoms with E-state index in [0.717, 1.165) is 16.4 Å². The number of amides is 1. The molecule has 2 unspecified atom stereocenters. The fourth-order valence-corrected chi connectivity index (χ4v) is 3.66. The van der Waals surface area contributed by atoms with E-state index in [4.69, 9.17) is 0 Å². The zero-order valence-corrected chi connectivity index (χ0v) is 12.6. The first kappa shape index (κ1) is 12.5. The van der Waals surface area contributed by atoms with Crippen LogP contribution in [-0.2, 0) is 0 Å². The number of carbonyl (C=O) groups is 1. The number of nitrogens with zero attached hydrogens (tertiary/aromatic N) is 1. The van der Waals surface area contributed by atoms with Gasteiger partial charge in [0.2, 0.25) is 0 Å². The average molecular weight is 359 g/mol. The van der Waals surface area contributed by atoms with Gasteiger partial charge in [-0.2, -0.15) is 0 Å². The van der Waals surface area contributed by atoms with Gasteiger partial charge < -0.3 is 15.2 Å². The van der Waals surface area contributed by atoms with Gasteiger partial charge in [0, 0.05) is 34.9 Å². The molecule has 2 N–H and O–H groups in total. The van der Waals surface area contributed by atoms with Crippen molar-refractivity contribution in [3.05, 3.63) is 21.5 Å². The van der Waals surface area contributed by atoms with E-state index in [1.54, 1.807) is 0 Å². The lowest BCUT2D eigenvalue weighted by molar-refractivity contribution is 0.0676. The number of aromatic nitrogens is 1. The van der Waals surface area contributed by atoms with Crippen molar-refractivity contribution in [2.24, 2.45) is 0 Å². The summed E-state index contributed by atoms with van der Waals surface area (Å²) in [6, 6.07) is 3.53. The van der Waals surface area contributed by atoms with E-state index >= 15 is 0 Å². The lowest BCUT2D eigenvalue weighted by Gasteiger charge is -2.35. The minimum Gasteiger partial charge on any atom is -0.356 e. The van der Waals surface area contributed by atoms with Gasteiger partial charge in [-0.25, -0.2) is 0 Å². The van der Waals surface area contributed by atoms with Gasteiger partial charge in [0.15, 0.2) is 0 Å². The average Bonchev–Trinajstić information content (AvgIpc) is 2.94. The smallest absolute Gasteiger partial charge is 0.270 e. The van der Waals surface area contributed by atoms with Crippen LogP contribution in [0.5, 0.6) is 0 Å². The van der Waals surface area contributed by atoms with E-state index in [9.17, 15) is 4.79 Å². The summed E-state index contributed by atoms with van der Waals surface area (Å²) in [6.45, 7) is 0. The molecular weight excluding hydrogens is 341 g/mol. The summed E-state index contributed by atoms with van der Waals surface area (Å²) in [6.07, 6.45) is 6.59. The molecule has 0 spiro atoms. The first-order valence-electron chi connectivity index (χ1n) is 6.50. The molecule has 98 valence electrons. The highest BCUT2D eigenvalue weighted by Crippen LogP contribution is 2.29. The minimum absolute atomic E-state index is 0.115. The monoisotopic (exact) mass is 359 g/mol. The number of halogens is 1. The van der Waals surface area contributed by atoms with Gasteiger partial charge in [-0.3, -0.25) is 4.79 Å². The fraction of sp³-hybridized carbons (Fsp3) is 0.615. The van der Waals surface area contributed by atoms with Crippen molar-refractivity contribution < 1.29 is 4.79 Å². The Hall–Kier alpha value is -0.560. The van der Waals surface area contributed by atoms with E-state index < -0.39 is 0 Å². The van der Waals surface area contributed by atoms with Crippen LogP contribution in [0, 0.1) is 3.57 Å². The predicted octanol–water partition coefficient (Wildman–Crippen LogP) is 1.97. The first-order valence-corrected chi connectivity index (χ1v) is 7.58. The summed E-state index contributed by atoms with van der Waals surface area (Å²) in [7, 11) is 1.94. The predicted molar refractivity (Wildman–Crippen MR) is 78.6 cm³/mol. The summed E-state index contributed by atoms with van der Waals surface area (Å²) < 4.78 is 1.08. The highest BCUT2D eigenvalue weighted by Gasteiger charge is 2.36. The van der Waals surface area contributed by atoms with Crippen LogP contribution in [0.15, 0.2) is 12.3 Å². The Morgan fingerprint density at radius 1 is 1.39 bits per heavy atom. The highest BCUT2D eigenvalue weighted by atomic mass is 127. The third-order valence-electron chi connectivity index (χ3n) is 4.19. The summed E-state index contributed by atoms with van der Waals surface area (Å²) in [4.78, 5) is 17.3. The molecule has 0 radical (unpaired) electrons. The Morgan fingerprint density at radius 2 is 2.06 bits per heavy atom. The second-order valence-corrected chi connectivity index (χ2v) is 6.66. The number of carbonyl (C=O) groups excluding carboxylic acids is 1. The molecule has 3 rings (SSSR count). The maximum absolute atomic E-state index is 12.4. The molecule has 2 bridgehead atoms. The molecule has 0 aromatic carbocycles. The molecule has 5 heteroatoms. The van der Waals surface area contributed by atoms with Gasteiger partial charge in [-0.15, -0.1) is 0 Å². The molecule has 2 fully saturated rings. The number of hydrogen-bond donors (Lipinski definition) is 2. The van der Waals surface area contributed by atoms with Crippen LogP contribution in [0.1, 0.15) is 36.2 Å².